The Morgan fingerprint density at radius 1 is 1.24 bits per heavy atom. The first kappa shape index (κ1) is 16.0. The van der Waals surface area contributed by atoms with Crippen molar-refractivity contribution in [3.05, 3.63) is 41.5 Å². The SMILES string of the molecule is CCCNCc1cccc(SCc2nc(CCC)no2)c1. The number of rotatable bonds is 9. The summed E-state index contributed by atoms with van der Waals surface area (Å²) >= 11 is 1.73. The highest BCUT2D eigenvalue weighted by Crippen LogP contribution is 2.23. The second-order valence-corrected chi connectivity index (χ2v) is 6.02. The van der Waals surface area contributed by atoms with Crippen LogP contribution in [0.15, 0.2) is 33.7 Å². The Morgan fingerprint density at radius 2 is 2.14 bits per heavy atom. The van der Waals surface area contributed by atoms with Crippen molar-refractivity contribution in [1.82, 2.24) is 15.5 Å². The highest BCUT2D eigenvalue weighted by Gasteiger charge is 2.06. The van der Waals surface area contributed by atoms with Gasteiger partial charge in [0.25, 0.3) is 0 Å². The van der Waals surface area contributed by atoms with Crippen LogP contribution in [0.25, 0.3) is 0 Å². The minimum atomic E-state index is 0.706. The van der Waals surface area contributed by atoms with E-state index in [2.05, 4.69) is 53.6 Å². The van der Waals surface area contributed by atoms with Crippen LogP contribution < -0.4 is 5.32 Å². The second kappa shape index (κ2) is 8.85. The van der Waals surface area contributed by atoms with E-state index in [1.807, 2.05) is 0 Å². The van der Waals surface area contributed by atoms with Crippen LogP contribution in [-0.2, 0) is 18.7 Å². The summed E-state index contributed by atoms with van der Waals surface area (Å²) in [5.74, 6) is 2.24. The van der Waals surface area contributed by atoms with Crippen molar-refractivity contribution in [2.45, 2.75) is 50.3 Å². The van der Waals surface area contributed by atoms with Gasteiger partial charge < -0.3 is 9.84 Å². The van der Waals surface area contributed by atoms with Gasteiger partial charge in [-0.1, -0.05) is 31.1 Å². The van der Waals surface area contributed by atoms with Crippen molar-refractivity contribution in [2.24, 2.45) is 0 Å². The lowest BCUT2D eigenvalue weighted by Gasteiger charge is -2.05. The molecule has 0 saturated heterocycles. The molecule has 0 unspecified atom stereocenters. The third-order valence-corrected chi connectivity index (χ3v) is 3.98. The van der Waals surface area contributed by atoms with E-state index in [1.165, 1.54) is 10.5 Å². The predicted octanol–water partition coefficient (Wildman–Crippen LogP) is 3.81. The molecule has 1 aromatic heterocycles. The smallest absolute Gasteiger partial charge is 0.237 e. The van der Waals surface area contributed by atoms with Gasteiger partial charge in [-0.15, -0.1) is 11.8 Å². The van der Waals surface area contributed by atoms with Crippen LogP contribution in [0, 0.1) is 0 Å². The molecule has 1 aromatic carbocycles. The molecule has 2 rings (SSSR count). The Bertz CT molecular complexity index is 542. The molecular weight excluding hydrogens is 282 g/mol. The maximum absolute atomic E-state index is 5.25. The zero-order chi connectivity index (χ0) is 14.9. The molecule has 0 radical (unpaired) electrons. The Morgan fingerprint density at radius 3 is 2.95 bits per heavy atom. The quantitative estimate of drug-likeness (QED) is 0.564. The second-order valence-electron chi connectivity index (χ2n) is 4.97. The van der Waals surface area contributed by atoms with E-state index in [0.717, 1.165) is 43.9 Å². The molecule has 0 fully saturated rings. The molecule has 0 amide bonds. The Balaban J connectivity index is 1.85. The van der Waals surface area contributed by atoms with E-state index in [9.17, 15) is 0 Å². The van der Waals surface area contributed by atoms with E-state index >= 15 is 0 Å². The highest BCUT2D eigenvalue weighted by molar-refractivity contribution is 7.98. The van der Waals surface area contributed by atoms with Gasteiger partial charge in [0.05, 0.1) is 5.75 Å². The summed E-state index contributed by atoms with van der Waals surface area (Å²) in [6.07, 6.45) is 3.08. The Labute approximate surface area is 130 Å². The van der Waals surface area contributed by atoms with E-state index in [1.54, 1.807) is 11.8 Å². The molecule has 0 aliphatic carbocycles. The van der Waals surface area contributed by atoms with Gasteiger partial charge in [0.1, 0.15) is 0 Å². The van der Waals surface area contributed by atoms with Gasteiger partial charge in [-0.05, 0) is 37.1 Å². The number of hydrogen-bond acceptors (Lipinski definition) is 5. The lowest BCUT2D eigenvalue weighted by Crippen LogP contribution is -2.13. The molecule has 4 nitrogen and oxygen atoms in total. The lowest BCUT2D eigenvalue weighted by atomic mass is 10.2. The number of aromatic nitrogens is 2. The zero-order valence-corrected chi connectivity index (χ0v) is 13.6. The van der Waals surface area contributed by atoms with Crippen molar-refractivity contribution in [3.8, 4) is 0 Å². The van der Waals surface area contributed by atoms with Crippen LogP contribution in [0.1, 0.15) is 44.0 Å². The maximum atomic E-state index is 5.25. The summed E-state index contributed by atoms with van der Waals surface area (Å²) in [4.78, 5) is 5.62. The van der Waals surface area contributed by atoms with Gasteiger partial charge in [0, 0.05) is 17.9 Å². The molecule has 21 heavy (non-hydrogen) atoms. The minimum Gasteiger partial charge on any atom is -0.338 e. The molecule has 0 aliphatic rings. The van der Waals surface area contributed by atoms with Crippen molar-refractivity contribution < 1.29 is 4.52 Å². The predicted molar refractivity (Wildman–Crippen MR) is 86.3 cm³/mol. The van der Waals surface area contributed by atoms with Crippen molar-refractivity contribution in [3.63, 3.8) is 0 Å². The molecule has 0 saturated carbocycles. The van der Waals surface area contributed by atoms with Gasteiger partial charge in [-0.25, -0.2) is 0 Å². The lowest BCUT2D eigenvalue weighted by molar-refractivity contribution is 0.384. The van der Waals surface area contributed by atoms with Gasteiger partial charge >= 0.3 is 0 Å². The number of thioether (sulfide) groups is 1. The summed E-state index contributed by atoms with van der Waals surface area (Å²) in [6, 6.07) is 8.59. The van der Waals surface area contributed by atoms with Crippen molar-refractivity contribution in [2.75, 3.05) is 6.54 Å². The number of nitrogens with zero attached hydrogens (tertiary/aromatic N) is 2. The average Bonchev–Trinajstić information content (AvgIpc) is 2.94. The van der Waals surface area contributed by atoms with Crippen LogP contribution in [0.5, 0.6) is 0 Å². The van der Waals surface area contributed by atoms with Crippen molar-refractivity contribution >= 4 is 11.8 Å². The van der Waals surface area contributed by atoms with Gasteiger partial charge in [-0.2, -0.15) is 4.98 Å². The van der Waals surface area contributed by atoms with Gasteiger partial charge in [0.15, 0.2) is 5.82 Å². The normalized spacial score (nSPS) is 11.0. The first-order chi connectivity index (χ1) is 10.3. The highest BCUT2D eigenvalue weighted by atomic mass is 32.2. The summed E-state index contributed by atoms with van der Waals surface area (Å²) in [6.45, 7) is 6.27. The van der Waals surface area contributed by atoms with E-state index in [4.69, 9.17) is 4.52 Å². The van der Waals surface area contributed by atoms with Gasteiger partial charge in [0.2, 0.25) is 5.89 Å². The number of nitrogens with one attached hydrogen (secondary N) is 1. The summed E-state index contributed by atoms with van der Waals surface area (Å²) in [7, 11) is 0. The fourth-order valence-corrected chi connectivity index (χ4v) is 2.79. The molecule has 0 bridgehead atoms. The molecule has 1 heterocycles. The molecule has 1 N–H and O–H groups in total. The fourth-order valence-electron chi connectivity index (χ4n) is 1.97. The Hall–Kier alpha value is -1.33. The maximum Gasteiger partial charge on any atom is 0.237 e. The third-order valence-electron chi connectivity index (χ3n) is 3.00. The first-order valence-electron chi connectivity index (χ1n) is 7.55. The molecule has 0 aliphatic heterocycles. The van der Waals surface area contributed by atoms with E-state index < -0.39 is 0 Å². The molecular formula is C16H23N3OS. The van der Waals surface area contributed by atoms with Gasteiger partial charge in [-0.3, -0.25) is 0 Å². The van der Waals surface area contributed by atoms with Crippen LogP contribution in [0.3, 0.4) is 0 Å². The van der Waals surface area contributed by atoms with E-state index in [-0.39, 0.29) is 0 Å². The monoisotopic (exact) mass is 305 g/mol. The third kappa shape index (κ3) is 5.52. The molecule has 0 spiro atoms. The molecule has 114 valence electrons. The topological polar surface area (TPSA) is 51.0 Å². The summed E-state index contributed by atoms with van der Waals surface area (Å²) in [5, 5.41) is 7.40. The van der Waals surface area contributed by atoms with Crippen molar-refractivity contribution in [1.29, 1.82) is 0 Å². The fraction of sp³-hybridized carbons (Fsp3) is 0.500. The molecule has 2 aromatic rings. The number of benzene rings is 1. The largest absolute Gasteiger partial charge is 0.338 e. The number of aryl methyl sites for hydroxylation is 1. The molecule has 5 heteroatoms. The van der Waals surface area contributed by atoms with Crippen LogP contribution >= 0.6 is 11.8 Å². The number of hydrogen-bond donors (Lipinski definition) is 1. The zero-order valence-electron chi connectivity index (χ0n) is 12.8. The molecule has 0 atom stereocenters. The van der Waals surface area contributed by atoms with Crippen LogP contribution in [0.2, 0.25) is 0 Å². The summed E-state index contributed by atoms with van der Waals surface area (Å²) < 4.78 is 5.25. The summed E-state index contributed by atoms with van der Waals surface area (Å²) in [5.41, 5.74) is 1.31. The van der Waals surface area contributed by atoms with E-state index in [0.29, 0.717) is 5.89 Å². The standard InChI is InChI=1S/C16H23N3OS/c1-3-6-15-18-16(20-19-15)12-21-14-8-5-7-13(10-14)11-17-9-4-2/h5,7-8,10,17H,3-4,6,9,11-12H2,1-2H3. The van der Waals surface area contributed by atoms with Crippen LogP contribution in [0.4, 0.5) is 0 Å². The first-order valence-corrected chi connectivity index (χ1v) is 8.54. The van der Waals surface area contributed by atoms with Crippen LogP contribution in [-0.4, -0.2) is 16.7 Å². The minimum absolute atomic E-state index is 0.706. The Kier molecular flexibility index (Phi) is 6.76. The average molecular weight is 305 g/mol.